The molecular weight excluding hydrogens is 364 g/mol. The van der Waals surface area contributed by atoms with Crippen LogP contribution in [0.5, 0.6) is 0 Å². The quantitative estimate of drug-likeness (QED) is 0.824. The van der Waals surface area contributed by atoms with Crippen molar-refractivity contribution in [1.82, 2.24) is 4.90 Å². The number of anilines is 1. The molecule has 2 heterocycles. The fourth-order valence-corrected chi connectivity index (χ4v) is 3.91. The van der Waals surface area contributed by atoms with Gasteiger partial charge in [0, 0.05) is 29.2 Å². The Morgan fingerprint density at radius 1 is 1.15 bits per heavy atom. The highest BCUT2D eigenvalue weighted by Gasteiger charge is 2.27. The van der Waals surface area contributed by atoms with E-state index >= 15 is 0 Å². The van der Waals surface area contributed by atoms with Crippen LogP contribution < -0.4 is 5.32 Å². The Bertz CT molecular complexity index is 809. The maximum absolute atomic E-state index is 12.6. The Hall–Kier alpha value is -2.67. The summed E-state index contributed by atoms with van der Waals surface area (Å²) in [5.41, 5.74) is 1.18. The predicted molar refractivity (Wildman–Crippen MR) is 104 cm³/mol. The summed E-state index contributed by atoms with van der Waals surface area (Å²) >= 11 is 1.55. The molecule has 27 heavy (non-hydrogen) atoms. The van der Waals surface area contributed by atoms with Crippen LogP contribution in [0.15, 0.2) is 41.8 Å². The number of rotatable bonds is 5. The van der Waals surface area contributed by atoms with Gasteiger partial charge in [-0.25, -0.2) is 0 Å². The SMILES string of the molecule is CC(C(=O)Nc1ccc(C(=O)N2CCC(C(=O)O)CC2)cc1)c1cccs1. The average Bonchev–Trinajstić information content (AvgIpc) is 3.22. The van der Waals surface area contributed by atoms with E-state index in [1.54, 1.807) is 40.5 Å². The van der Waals surface area contributed by atoms with Crippen molar-refractivity contribution in [1.29, 1.82) is 0 Å². The Kier molecular flexibility index (Phi) is 5.91. The molecule has 1 atom stereocenters. The number of carbonyl (C=O) groups excluding carboxylic acids is 2. The summed E-state index contributed by atoms with van der Waals surface area (Å²) in [6.45, 7) is 2.76. The van der Waals surface area contributed by atoms with Crippen molar-refractivity contribution in [3.8, 4) is 0 Å². The van der Waals surface area contributed by atoms with Crippen LogP contribution in [0.25, 0.3) is 0 Å². The van der Waals surface area contributed by atoms with Gasteiger partial charge in [0.2, 0.25) is 5.91 Å². The number of nitrogens with zero attached hydrogens (tertiary/aromatic N) is 1. The standard InChI is InChI=1S/C20H22N2O4S/c1-13(17-3-2-12-27-17)18(23)21-16-6-4-14(5-7-16)19(24)22-10-8-15(9-11-22)20(25)26/h2-7,12-13,15H,8-11H2,1H3,(H,21,23)(H,25,26). The number of hydrogen-bond donors (Lipinski definition) is 2. The van der Waals surface area contributed by atoms with Crippen molar-refractivity contribution >= 4 is 34.8 Å². The first kappa shape index (κ1) is 19.1. The first-order chi connectivity index (χ1) is 13.0. The zero-order chi connectivity index (χ0) is 19.4. The molecule has 0 bridgehead atoms. The van der Waals surface area contributed by atoms with Crippen molar-refractivity contribution in [2.24, 2.45) is 5.92 Å². The lowest BCUT2D eigenvalue weighted by molar-refractivity contribution is -0.143. The predicted octanol–water partition coefficient (Wildman–Crippen LogP) is 3.43. The minimum Gasteiger partial charge on any atom is -0.481 e. The first-order valence-electron chi connectivity index (χ1n) is 8.92. The third-order valence-corrected chi connectivity index (χ3v) is 5.95. The molecule has 1 aromatic heterocycles. The van der Waals surface area contributed by atoms with Crippen molar-refractivity contribution in [3.63, 3.8) is 0 Å². The maximum atomic E-state index is 12.6. The Balaban J connectivity index is 1.58. The molecule has 1 fully saturated rings. The Morgan fingerprint density at radius 2 is 1.81 bits per heavy atom. The van der Waals surface area contributed by atoms with Gasteiger partial charge in [0.15, 0.2) is 0 Å². The van der Waals surface area contributed by atoms with E-state index in [0.29, 0.717) is 37.2 Å². The summed E-state index contributed by atoms with van der Waals surface area (Å²) in [6.07, 6.45) is 0.964. The van der Waals surface area contributed by atoms with Gasteiger partial charge in [0.1, 0.15) is 0 Å². The summed E-state index contributed by atoms with van der Waals surface area (Å²) in [5, 5.41) is 13.9. The number of aliphatic carboxylic acids is 1. The number of carboxylic acid groups (broad SMARTS) is 1. The number of carboxylic acids is 1. The van der Waals surface area contributed by atoms with Crippen molar-refractivity contribution in [2.75, 3.05) is 18.4 Å². The summed E-state index contributed by atoms with van der Waals surface area (Å²) in [7, 11) is 0. The highest BCUT2D eigenvalue weighted by molar-refractivity contribution is 7.10. The van der Waals surface area contributed by atoms with Gasteiger partial charge in [-0.15, -0.1) is 11.3 Å². The number of piperidine rings is 1. The highest BCUT2D eigenvalue weighted by Crippen LogP contribution is 2.23. The molecule has 1 aromatic carbocycles. The number of amides is 2. The second-order valence-electron chi connectivity index (χ2n) is 6.71. The van der Waals surface area contributed by atoms with E-state index in [1.165, 1.54) is 0 Å². The van der Waals surface area contributed by atoms with Crippen LogP contribution in [-0.4, -0.2) is 40.9 Å². The van der Waals surface area contributed by atoms with Crippen LogP contribution in [-0.2, 0) is 9.59 Å². The van der Waals surface area contributed by atoms with Gasteiger partial charge in [-0.05, 0) is 55.5 Å². The molecule has 0 saturated carbocycles. The van der Waals surface area contributed by atoms with Gasteiger partial charge in [0.05, 0.1) is 11.8 Å². The Labute approximate surface area is 161 Å². The summed E-state index contributed by atoms with van der Waals surface area (Å²) in [4.78, 5) is 38.6. The van der Waals surface area contributed by atoms with E-state index in [0.717, 1.165) is 4.88 Å². The first-order valence-corrected chi connectivity index (χ1v) is 9.80. The molecule has 1 saturated heterocycles. The molecule has 142 valence electrons. The van der Waals surface area contributed by atoms with Gasteiger partial charge in [-0.3, -0.25) is 14.4 Å². The van der Waals surface area contributed by atoms with Gasteiger partial charge < -0.3 is 15.3 Å². The number of benzene rings is 1. The van der Waals surface area contributed by atoms with Crippen LogP contribution >= 0.6 is 11.3 Å². The minimum atomic E-state index is -0.793. The summed E-state index contributed by atoms with van der Waals surface area (Å²) < 4.78 is 0. The fourth-order valence-electron chi connectivity index (χ4n) is 3.13. The van der Waals surface area contributed by atoms with E-state index in [2.05, 4.69) is 5.32 Å². The van der Waals surface area contributed by atoms with E-state index in [4.69, 9.17) is 5.11 Å². The molecule has 1 aliphatic heterocycles. The zero-order valence-corrected chi connectivity index (χ0v) is 15.9. The molecule has 3 rings (SSSR count). The van der Waals surface area contributed by atoms with Crippen LogP contribution in [0, 0.1) is 5.92 Å². The smallest absolute Gasteiger partial charge is 0.306 e. The molecule has 7 heteroatoms. The number of hydrogen-bond acceptors (Lipinski definition) is 4. The lowest BCUT2D eigenvalue weighted by Gasteiger charge is -2.30. The highest BCUT2D eigenvalue weighted by atomic mass is 32.1. The molecule has 1 aliphatic rings. The number of thiophene rings is 1. The van der Waals surface area contributed by atoms with E-state index in [1.807, 2.05) is 24.4 Å². The lowest BCUT2D eigenvalue weighted by atomic mass is 9.96. The number of carbonyl (C=O) groups is 3. The maximum Gasteiger partial charge on any atom is 0.306 e. The van der Waals surface area contributed by atoms with E-state index in [9.17, 15) is 14.4 Å². The molecule has 0 aliphatic carbocycles. The molecule has 2 aromatic rings. The van der Waals surface area contributed by atoms with Gasteiger partial charge in [-0.2, -0.15) is 0 Å². The van der Waals surface area contributed by atoms with Gasteiger partial charge in [0.25, 0.3) is 5.91 Å². The van der Waals surface area contributed by atoms with Crippen molar-refractivity contribution in [2.45, 2.75) is 25.7 Å². The third-order valence-electron chi connectivity index (χ3n) is 4.89. The molecule has 2 N–H and O–H groups in total. The number of nitrogens with one attached hydrogen (secondary N) is 1. The second-order valence-corrected chi connectivity index (χ2v) is 7.69. The zero-order valence-electron chi connectivity index (χ0n) is 15.1. The van der Waals surface area contributed by atoms with Crippen LogP contribution in [0.1, 0.15) is 40.9 Å². The fraction of sp³-hybridized carbons (Fsp3) is 0.350. The topological polar surface area (TPSA) is 86.7 Å². The van der Waals surface area contributed by atoms with Crippen molar-refractivity contribution < 1.29 is 19.5 Å². The van der Waals surface area contributed by atoms with Crippen LogP contribution in [0.4, 0.5) is 5.69 Å². The van der Waals surface area contributed by atoms with Gasteiger partial charge >= 0.3 is 5.97 Å². The molecule has 0 radical (unpaired) electrons. The summed E-state index contributed by atoms with van der Waals surface area (Å²) in [5.74, 6) is -1.59. The molecule has 0 spiro atoms. The van der Waals surface area contributed by atoms with Crippen LogP contribution in [0.3, 0.4) is 0 Å². The van der Waals surface area contributed by atoms with Crippen molar-refractivity contribution in [3.05, 3.63) is 52.2 Å². The molecule has 1 unspecified atom stereocenters. The van der Waals surface area contributed by atoms with E-state index in [-0.39, 0.29) is 23.7 Å². The largest absolute Gasteiger partial charge is 0.481 e. The average molecular weight is 386 g/mol. The molecular formula is C20H22N2O4S. The molecule has 2 amide bonds. The second kappa shape index (κ2) is 8.35. The normalized spacial score (nSPS) is 16.0. The Morgan fingerprint density at radius 3 is 2.37 bits per heavy atom. The number of likely N-dealkylation sites (tertiary alicyclic amines) is 1. The van der Waals surface area contributed by atoms with Crippen LogP contribution in [0.2, 0.25) is 0 Å². The lowest BCUT2D eigenvalue weighted by Crippen LogP contribution is -2.40. The molecule has 6 nitrogen and oxygen atoms in total. The third kappa shape index (κ3) is 4.54. The minimum absolute atomic E-state index is 0.0905. The monoisotopic (exact) mass is 386 g/mol. The summed E-state index contributed by atoms with van der Waals surface area (Å²) in [6, 6.07) is 10.7. The van der Waals surface area contributed by atoms with Gasteiger partial charge in [-0.1, -0.05) is 6.07 Å². The van der Waals surface area contributed by atoms with E-state index < -0.39 is 5.97 Å².